The van der Waals surface area contributed by atoms with Crippen molar-refractivity contribution in [1.29, 1.82) is 0 Å². The molecule has 0 aliphatic carbocycles. The van der Waals surface area contributed by atoms with E-state index < -0.39 is 5.97 Å². The highest BCUT2D eigenvalue weighted by Gasteiger charge is 2.38. The SMILES string of the molecule is O=C(O)[C@@H]1C[C@H]2CSCN2C1. The summed E-state index contributed by atoms with van der Waals surface area (Å²) in [5, 5.41) is 8.73. The first-order chi connectivity index (χ1) is 5.27. The Hall–Kier alpha value is -0.220. The molecule has 0 unspecified atom stereocenters. The minimum absolute atomic E-state index is 0.0964. The van der Waals surface area contributed by atoms with E-state index >= 15 is 0 Å². The summed E-state index contributed by atoms with van der Waals surface area (Å²) < 4.78 is 0. The van der Waals surface area contributed by atoms with Gasteiger partial charge in [-0.2, -0.15) is 0 Å². The van der Waals surface area contributed by atoms with Gasteiger partial charge in [0.2, 0.25) is 0 Å². The minimum Gasteiger partial charge on any atom is -0.481 e. The van der Waals surface area contributed by atoms with E-state index in [1.807, 2.05) is 11.8 Å². The molecule has 0 amide bonds. The number of rotatable bonds is 1. The van der Waals surface area contributed by atoms with Crippen molar-refractivity contribution in [3.05, 3.63) is 0 Å². The van der Waals surface area contributed by atoms with Gasteiger partial charge >= 0.3 is 5.97 Å². The second-order valence-electron chi connectivity index (χ2n) is 3.20. The predicted molar refractivity (Wildman–Crippen MR) is 43.6 cm³/mol. The van der Waals surface area contributed by atoms with Crippen molar-refractivity contribution >= 4 is 17.7 Å². The largest absolute Gasteiger partial charge is 0.481 e. The van der Waals surface area contributed by atoms with E-state index in [0.29, 0.717) is 6.04 Å². The van der Waals surface area contributed by atoms with Crippen molar-refractivity contribution in [2.45, 2.75) is 12.5 Å². The lowest BCUT2D eigenvalue weighted by atomic mass is 10.1. The van der Waals surface area contributed by atoms with Crippen LogP contribution in [0.3, 0.4) is 0 Å². The van der Waals surface area contributed by atoms with Gasteiger partial charge in [0.25, 0.3) is 0 Å². The van der Waals surface area contributed by atoms with Gasteiger partial charge in [-0.3, -0.25) is 9.69 Å². The summed E-state index contributed by atoms with van der Waals surface area (Å²) in [7, 11) is 0. The second-order valence-corrected chi connectivity index (χ2v) is 4.20. The van der Waals surface area contributed by atoms with E-state index in [2.05, 4.69) is 4.90 Å². The molecule has 2 atom stereocenters. The summed E-state index contributed by atoms with van der Waals surface area (Å²) in [5.74, 6) is 1.45. The van der Waals surface area contributed by atoms with Gasteiger partial charge in [0.05, 0.1) is 5.92 Å². The number of thioether (sulfide) groups is 1. The van der Waals surface area contributed by atoms with Gasteiger partial charge in [0.15, 0.2) is 0 Å². The van der Waals surface area contributed by atoms with Crippen molar-refractivity contribution in [3.63, 3.8) is 0 Å². The molecule has 11 heavy (non-hydrogen) atoms. The molecular weight excluding hydrogens is 162 g/mol. The molecule has 1 N–H and O–H groups in total. The van der Waals surface area contributed by atoms with E-state index in [1.54, 1.807) is 0 Å². The first-order valence-electron chi connectivity index (χ1n) is 3.82. The number of aliphatic carboxylic acids is 1. The van der Waals surface area contributed by atoms with Gasteiger partial charge in [0.1, 0.15) is 0 Å². The van der Waals surface area contributed by atoms with Crippen LogP contribution in [0.2, 0.25) is 0 Å². The Morgan fingerprint density at radius 2 is 2.45 bits per heavy atom. The van der Waals surface area contributed by atoms with Crippen LogP contribution in [-0.4, -0.2) is 40.2 Å². The molecule has 0 bridgehead atoms. The van der Waals surface area contributed by atoms with Crippen molar-refractivity contribution in [3.8, 4) is 0 Å². The van der Waals surface area contributed by atoms with Crippen LogP contribution in [0.5, 0.6) is 0 Å². The van der Waals surface area contributed by atoms with E-state index in [4.69, 9.17) is 5.11 Å². The molecule has 62 valence electrons. The van der Waals surface area contributed by atoms with Crippen molar-refractivity contribution in [2.24, 2.45) is 5.92 Å². The van der Waals surface area contributed by atoms with Crippen LogP contribution in [0, 0.1) is 5.92 Å². The third kappa shape index (κ3) is 1.25. The fourth-order valence-corrected chi connectivity index (χ4v) is 3.08. The van der Waals surface area contributed by atoms with Crippen LogP contribution in [0.25, 0.3) is 0 Å². The van der Waals surface area contributed by atoms with Gasteiger partial charge < -0.3 is 5.11 Å². The second kappa shape index (κ2) is 2.68. The molecule has 0 aromatic carbocycles. The molecule has 2 fully saturated rings. The topological polar surface area (TPSA) is 40.5 Å². The number of hydrogen-bond acceptors (Lipinski definition) is 3. The smallest absolute Gasteiger partial charge is 0.307 e. The molecule has 0 saturated carbocycles. The maximum absolute atomic E-state index is 10.6. The van der Waals surface area contributed by atoms with Crippen LogP contribution >= 0.6 is 11.8 Å². The van der Waals surface area contributed by atoms with E-state index in [0.717, 1.165) is 24.6 Å². The zero-order valence-corrected chi connectivity index (χ0v) is 7.01. The molecule has 2 aliphatic rings. The fraction of sp³-hybridized carbons (Fsp3) is 0.857. The molecule has 0 aromatic rings. The van der Waals surface area contributed by atoms with Crippen molar-refractivity contribution < 1.29 is 9.90 Å². The average molecular weight is 173 g/mol. The highest BCUT2D eigenvalue weighted by molar-refractivity contribution is 7.99. The number of carboxylic acids is 1. The maximum atomic E-state index is 10.6. The molecular formula is C7H11NO2S. The lowest BCUT2D eigenvalue weighted by molar-refractivity contribution is -0.141. The Morgan fingerprint density at radius 1 is 1.64 bits per heavy atom. The van der Waals surface area contributed by atoms with E-state index in [-0.39, 0.29) is 5.92 Å². The number of carboxylic acid groups (broad SMARTS) is 1. The van der Waals surface area contributed by atoms with Crippen LogP contribution in [0.4, 0.5) is 0 Å². The molecule has 0 radical (unpaired) electrons. The van der Waals surface area contributed by atoms with E-state index in [1.165, 1.54) is 0 Å². The number of hydrogen-bond donors (Lipinski definition) is 1. The summed E-state index contributed by atoms with van der Waals surface area (Å²) in [6, 6.07) is 0.557. The monoisotopic (exact) mass is 173 g/mol. The molecule has 0 spiro atoms. The van der Waals surface area contributed by atoms with Crippen molar-refractivity contribution in [2.75, 3.05) is 18.2 Å². The van der Waals surface area contributed by atoms with E-state index in [9.17, 15) is 4.79 Å². The lowest BCUT2D eigenvalue weighted by Crippen LogP contribution is -2.24. The van der Waals surface area contributed by atoms with Gasteiger partial charge in [-0.1, -0.05) is 0 Å². The zero-order valence-electron chi connectivity index (χ0n) is 6.19. The first-order valence-corrected chi connectivity index (χ1v) is 4.97. The Kier molecular flexibility index (Phi) is 1.81. The molecule has 0 aromatic heterocycles. The third-order valence-electron chi connectivity index (χ3n) is 2.44. The quantitative estimate of drug-likeness (QED) is 0.625. The molecule has 2 saturated heterocycles. The number of carbonyl (C=O) groups is 1. The summed E-state index contributed by atoms with van der Waals surface area (Å²) >= 11 is 1.91. The van der Waals surface area contributed by atoms with Gasteiger partial charge in [0, 0.05) is 24.2 Å². The Morgan fingerprint density at radius 3 is 3.09 bits per heavy atom. The lowest BCUT2D eigenvalue weighted by Gasteiger charge is -2.10. The Bertz CT molecular complexity index is 173. The summed E-state index contributed by atoms with van der Waals surface area (Å²) in [5.41, 5.74) is 0. The Balaban J connectivity index is 1.99. The minimum atomic E-state index is -0.621. The third-order valence-corrected chi connectivity index (χ3v) is 3.58. The molecule has 2 heterocycles. The highest BCUT2D eigenvalue weighted by Crippen LogP contribution is 2.32. The molecule has 2 aliphatic heterocycles. The molecule has 2 rings (SSSR count). The maximum Gasteiger partial charge on any atom is 0.307 e. The van der Waals surface area contributed by atoms with Crippen LogP contribution in [-0.2, 0) is 4.79 Å². The fourth-order valence-electron chi connectivity index (χ4n) is 1.80. The summed E-state index contributed by atoms with van der Waals surface area (Å²) in [4.78, 5) is 12.9. The first kappa shape index (κ1) is 7.43. The normalized spacial score (nSPS) is 37.5. The number of nitrogens with zero attached hydrogens (tertiary/aromatic N) is 1. The standard InChI is InChI=1S/C7H11NO2S/c9-7(10)5-1-6-3-11-4-8(6)2-5/h5-6H,1-4H2,(H,9,10)/t5-,6+/m1/s1. The van der Waals surface area contributed by atoms with Gasteiger partial charge in [-0.25, -0.2) is 0 Å². The molecule has 3 nitrogen and oxygen atoms in total. The van der Waals surface area contributed by atoms with Crippen molar-refractivity contribution in [1.82, 2.24) is 4.90 Å². The average Bonchev–Trinajstić information content (AvgIpc) is 2.40. The van der Waals surface area contributed by atoms with Gasteiger partial charge in [-0.05, 0) is 6.42 Å². The van der Waals surface area contributed by atoms with Gasteiger partial charge in [-0.15, -0.1) is 11.8 Å². The summed E-state index contributed by atoms with van der Waals surface area (Å²) in [6.45, 7) is 0.771. The van der Waals surface area contributed by atoms with Crippen LogP contribution < -0.4 is 0 Å². The van der Waals surface area contributed by atoms with Crippen LogP contribution in [0.1, 0.15) is 6.42 Å². The Labute approximate surface area is 69.8 Å². The predicted octanol–water partition coefficient (Wildman–Crippen LogP) is 0.466. The van der Waals surface area contributed by atoms with Crippen LogP contribution in [0.15, 0.2) is 0 Å². The zero-order chi connectivity index (χ0) is 7.84. The summed E-state index contributed by atoms with van der Waals surface area (Å²) in [6.07, 6.45) is 0.863. The highest BCUT2D eigenvalue weighted by atomic mass is 32.2. The molecule has 4 heteroatoms. The number of fused-ring (bicyclic) bond motifs is 1.